The van der Waals surface area contributed by atoms with Crippen molar-refractivity contribution < 1.29 is 18.7 Å². The van der Waals surface area contributed by atoms with Crippen molar-refractivity contribution >= 4 is 11.8 Å². The fourth-order valence-corrected chi connectivity index (χ4v) is 3.91. The standard InChI is InChI=1S/C25H29FN2O3/c1-3-13-27-14-15-28(24(29)12-16-31-2)18-21(25(27)30)17-19-8-10-20(11-9-19)22-6-4-5-7-23(22)26/h3-11,21H,1,12-18H2,2H3. The molecule has 0 aromatic heterocycles. The molecule has 1 saturated heterocycles. The van der Waals surface area contributed by atoms with Crippen LogP contribution in [0, 0.1) is 11.7 Å². The van der Waals surface area contributed by atoms with Crippen LogP contribution in [0.15, 0.2) is 61.2 Å². The maximum atomic E-state index is 14.1. The molecule has 1 atom stereocenters. The van der Waals surface area contributed by atoms with E-state index in [0.29, 0.717) is 51.2 Å². The first-order chi connectivity index (χ1) is 15.0. The van der Waals surface area contributed by atoms with Crippen LogP contribution in [0.5, 0.6) is 0 Å². The second kappa shape index (κ2) is 10.9. The molecule has 1 fully saturated rings. The first-order valence-corrected chi connectivity index (χ1v) is 10.5. The Hall–Kier alpha value is -2.99. The number of nitrogens with zero attached hydrogens (tertiary/aromatic N) is 2. The van der Waals surface area contributed by atoms with Crippen LogP contribution in [-0.4, -0.2) is 61.5 Å². The average Bonchev–Trinajstić information content (AvgIpc) is 2.93. The topological polar surface area (TPSA) is 49.9 Å². The minimum Gasteiger partial charge on any atom is -0.384 e. The number of benzene rings is 2. The van der Waals surface area contributed by atoms with Gasteiger partial charge in [0, 0.05) is 38.9 Å². The molecule has 5 nitrogen and oxygen atoms in total. The molecule has 6 heteroatoms. The molecular formula is C25H29FN2O3. The van der Waals surface area contributed by atoms with E-state index in [-0.39, 0.29) is 23.5 Å². The van der Waals surface area contributed by atoms with Gasteiger partial charge in [0.2, 0.25) is 11.8 Å². The summed E-state index contributed by atoms with van der Waals surface area (Å²) in [6.45, 7) is 5.95. The second-order valence-electron chi connectivity index (χ2n) is 7.73. The number of ether oxygens (including phenoxy) is 1. The van der Waals surface area contributed by atoms with E-state index >= 15 is 0 Å². The Morgan fingerprint density at radius 3 is 2.61 bits per heavy atom. The normalized spacial score (nSPS) is 16.8. The molecule has 164 valence electrons. The van der Waals surface area contributed by atoms with Gasteiger partial charge < -0.3 is 14.5 Å². The molecule has 1 heterocycles. The van der Waals surface area contributed by atoms with Crippen molar-refractivity contribution in [2.45, 2.75) is 12.8 Å². The highest BCUT2D eigenvalue weighted by atomic mass is 19.1. The van der Waals surface area contributed by atoms with E-state index in [9.17, 15) is 14.0 Å². The highest BCUT2D eigenvalue weighted by molar-refractivity contribution is 5.82. The molecule has 2 amide bonds. The number of amides is 2. The third kappa shape index (κ3) is 5.79. The van der Waals surface area contributed by atoms with Gasteiger partial charge in [-0.15, -0.1) is 6.58 Å². The average molecular weight is 425 g/mol. The lowest BCUT2D eigenvalue weighted by atomic mass is 9.95. The van der Waals surface area contributed by atoms with E-state index < -0.39 is 0 Å². The molecule has 31 heavy (non-hydrogen) atoms. The number of methoxy groups -OCH3 is 1. The van der Waals surface area contributed by atoms with Crippen LogP contribution < -0.4 is 0 Å². The summed E-state index contributed by atoms with van der Waals surface area (Å²) in [5, 5.41) is 0. The van der Waals surface area contributed by atoms with E-state index in [1.54, 1.807) is 41.2 Å². The molecule has 0 spiro atoms. The van der Waals surface area contributed by atoms with Crippen molar-refractivity contribution in [1.82, 2.24) is 9.80 Å². The lowest BCUT2D eigenvalue weighted by molar-refractivity contribution is -0.134. The van der Waals surface area contributed by atoms with Crippen LogP contribution in [0.4, 0.5) is 4.39 Å². The summed E-state index contributed by atoms with van der Waals surface area (Å²) in [5.41, 5.74) is 2.31. The second-order valence-corrected chi connectivity index (χ2v) is 7.73. The molecule has 1 aliphatic heterocycles. The Kier molecular flexibility index (Phi) is 7.95. The van der Waals surface area contributed by atoms with Crippen LogP contribution >= 0.6 is 0 Å². The summed E-state index contributed by atoms with van der Waals surface area (Å²) in [6, 6.07) is 14.3. The van der Waals surface area contributed by atoms with Gasteiger partial charge in [-0.2, -0.15) is 0 Å². The van der Waals surface area contributed by atoms with Gasteiger partial charge in [-0.25, -0.2) is 4.39 Å². The number of rotatable bonds is 8. The molecule has 0 aliphatic carbocycles. The minimum atomic E-state index is -0.340. The monoisotopic (exact) mass is 424 g/mol. The molecule has 0 radical (unpaired) electrons. The van der Waals surface area contributed by atoms with Crippen molar-refractivity contribution in [3.63, 3.8) is 0 Å². The summed E-state index contributed by atoms with van der Waals surface area (Å²) < 4.78 is 19.1. The van der Waals surface area contributed by atoms with Gasteiger partial charge in [-0.05, 0) is 23.6 Å². The van der Waals surface area contributed by atoms with Crippen LogP contribution in [0.25, 0.3) is 11.1 Å². The summed E-state index contributed by atoms with van der Waals surface area (Å²) in [7, 11) is 1.57. The fraction of sp³-hybridized carbons (Fsp3) is 0.360. The third-order valence-electron chi connectivity index (χ3n) is 5.58. The van der Waals surface area contributed by atoms with Crippen molar-refractivity contribution in [3.05, 3.63) is 72.6 Å². The van der Waals surface area contributed by atoms with Crippen LogP contribution in [-0.2, 0) is 20.7 Å². The van der Waals surface area contributed by atoms with Gasteiger partial charge in [0.15, 0.2) is 0 Å². The molecule has 2 aromatic rings. The minimum absolute atomic E-state index is 0.00463. The summed E-state index contributed by atoms with van der Waals surface area (Å²) in [5.74, 6) is -0.581. The number of halogens is 1. The third-order valence-corrected chi connectivity index (χ3v) is 5.58. The van der Waals surface area contributed by atoms with Gasteiger partial charge >= 0.3 is 0 Å². The molecule has 0 bridgehead atoms. The summed E-state index contributed by atoms with van der Waals surface area (Å²) in [4.78, 5) is 29.2. The SMILES string of the molecule is C=CCN1CCN(C(=O)CCOC)CC(Cc2ccc(-c3ccccc3F)cc2)C1=O. The Balaban J connectivity index is 1.77. The number of hydrogen-bond donors (Lipinski definition) is 0. The first-order valence-electron chi connectivity index (χ1n) is 10.5. The van der Waals surface area contributed by atoms with Crippen LogP contribution in [0.2, 0.25) is 0 Å². The Labute approximate surface area is 183 Å². The lowest BCUT2D eigenvalue weighted by Crippen LogP contribution is -2.38. The molecular weight excluding hydrogens is 395 g/mol. The van der Waals surface area contributed by atoms with Gasteiger partial charge in [0.05, 0.1) is 18.9 Å². The number of carbonyl (C=O) groups is 2. The Morgan fingerprint density at radius 1 is 1.19 bits per heavy atom. The summed E-state index contributed by atoms with van der Waals surface area (Å²) >= 11 is 0. The first kappa shape index (κ1) is 22.7. The molecule has 3 rings (SSSR count). The van der Waals surface area contributed by atoms with Crippen LogP contribution in [0.3, 0.4) is 0 Å². The Bertz CT molecular complexity index is 913. The van der Waals surface area contributed by atoms with E-state index in [2.05, 4.69) is 6.58 Å². The van der Waals surface area contributed by atoms with Gasteiger partial charge in [0.1, 0.15) is 5.82 Å². The summed E-state index contributed by atoms with van der Waals surface area (Å²) in [6.07, 6.45) is 2.52. The van der Waals surface area contributed by atoms with Gasteiger partial charge in [-0.1, -0.05) is 48.5 Å². The van der Waals surface area contributed by atoms with E-state index in [4.69, 9.17) is 4.74 Å². The smallest absolute Gasteiger partial charge is 0.228 e. The quantitative estimate of drug-likeness (QED) is 0.609. The zero-order valence-electron chi connectivity index (χ0n) is 17.9. The zero-order chi connectivity index (χ0) is 22.2. The van der Waals surface area contributed by atoms with Gasteiger partial charge in [-0.3, -0.25) is 9.59 Å². The van der Waals surface area contributed by atoms with E-state index in [1.807, 2.05) is 24.3 Å². The zero-order valence-corrected chi connectivity index (χ0v) is 17.9. The lowest BCUT2D eigenvalue weighted by Gasteiger charge is -2.23. The predicted octanol–water partition coefficient (Wildman–Crippen LogP) is 3.54. The van der Waals surface area contributed by atoms with Crippen LogP contribution in [0.1, 0.15) is 12.0 Å². The molecule has 2 aromatic carbocycles. The van der Waals surface area contributed by atoms with Crippen molar-refractivity contribution in [2.75, 3.05) is 39.9 Å². The molecule has 0 saturated carbocycles. The molecule has 0 N–H and O–H groups in total. The Morgan fingerprint density at radius 2 is 1.94 bits per heavy atom. The maximum absolute atomic E-state index is 14.1. The van der Waals surface area contributed by atoms with E-state index in [1.165, 1.54) is 6.07 Å². The molecule has 1 unspecified atom stereocenters. The largest absolute Gasteiger partial charge is 0.384 e. The maximum Gasteiger partial charge on any atom is 0.228 e. The van der Waals surface area contributed by atoms with Crippen molar-refractivity contribution in [1.29, 1.82) is 0 Å². The number of hydrogen-bond acceptors (Lipinski definition) is 3. The van der Waals surface area contributed by atoms with Gasteiger partial charge in [0.25, 0.3) is 0 Å². The number of carbonyl (C=O) groups excluding carboxylic acids is 2. The van der Waals surface area contributed by atoms with Crippen molar-refractivity contribution in [2.24, 2.45) is 5.92 Å². The van der Waals surface area contributed by atoms with Crippen molar-refractivity contribution in [3.8, 4) is 11.1 Å². The highest BCUT2D eigenvalue weighted by Crippen LogP contribution is 2.24. The van der Waals surface area contributed by atoms with E-state index in [0.717, 1.165) is 11.1 Å². The highest BCUT2D eigenvalue weighted by Gasteiger charge is 2.31. The predicted molar refractivity (Wildman–Crippen MR) is 119 cm³/mol. The molecule has 1 aliphatic rings. The fourth-order valence-electron chi connectivity index (χ4n) is 3.91.